The van der Waals surface area contributed by atoms with E-state index in [1.807, 2.05) is 18.2 Å². The Balaban J connectivity index is 2.42. The van der Waals surface area contributed by atoms with E-state index in [1.54, 1.807) is 0 Å². The van der Waals surface area contributed by atoms with E-state index in [9.17, 15) is 4.79 Å². The van der Waals surface area contributed by atoms with Gasteiger partial charge in [0.2, 0.25) is 5.91 Å². The van der Waals surface area contributed by atoms with E-state index in [2.05, 4.69) is 19.1 Å². The molecule has 2 heteroatoms. The van der Waals surface area contributed by atoms with E-state index in [1.165, 1.54) is 19.3 Å². The Morgan fingerprint density at radius 2 is 1.83 bits per heavy atom. The summed E-state index contributed by atoms with van der Waals surface area (Å²) in [6.07, 6.45) is 6.82. The molecule has 18 heavy (non-hydrogen) atoms. The summed E-state index contributed by atoms with van der Waals surface area (Å²) in [7, 11) is 0. The summed E-state index contributed by atoms with van der Waals surface area (Å²) in [6.45, 7) is 2.09. The number of hydrogen-bond donors (Lipinski definition) is 1. The van der Waals surface area contributed by atoms with Crippen LogP contribution in [0, 0.1) is 5.92 Å². The molecule has 2 N–H and O–H groups in total. The standard InChI is InChI=1S/C16H23NO/c1-2-16(15(17)18,13-9-5-3-6-10-13)14-11-7-4-8-12-14/h3,5-6,9-10,14H,2,4,7-8,11-12H2,1H3,(H2,17,18). The second kappa shape index (κ2) is 5.55. The summed E-state index contributed by atoms with van der Waals surface area (Å²) in [5.74, 6) is 0.263. The van der Waals surface area contributed by atoms with Crippen LogP contribution >= 0.6 is 0 Å². The third kappa shape index (κ3) is 2.16. The Labute approximate surface area is 110 Å². The lowest BCUT2D eigenvalue weighted by Gasteiger charge is -2.40. The zero-order chi connectivity index (χ0) is 13.0. The van der Waals surface area contributed by atoms with Crippen molar-refractivity contribution in [1.29, 1.82) is 0 Å². The SMILES string of the molecule is CCC(C(N)=O)(c1ccccc1)C1CCCCC1. The molecule has 1 aliphatic carbocycles. The minimum absolute atomic E-state index is 0.150. The van der Waals surface area contributed by atoms with Crippen molar-refractivity contribution >= 4 is 5.91 Å². The predicted octanol–water partition coefficient (Wildman–Crippen LogP) is 3.40. The summed E-state index contributed by atoms with van der Waals surface area (Å²) in [4.78, 5) is 12.2. The molecule has 2 rings (SSSR count). The fourth-order valence-corrected chi connectivity index (χ4v) is 3.58. The summed E-state index contributed by atoms with van der Waals surface area (Å²) in [5.41, 5.74) is 6.45. The highest BCUT2D eigenvalue weighted by atomic mass is 16.1. The average molecular weight is 245 g/mol. The minimum atomic E-state index is -0.457. The molecule has 98 valence electrons. The van der Waals surface area contributed by atoms with Crippen LogP contribution in [0.25, 0.3) is 0 Å². The predicted molar refractivity (Wildman–Crippen MR) is 74.2 cm³/mol. The largest absolute Gasteiger partial charge is 0.369 e. The highest BCUT2D eigenvalue weighted by Gasteiger charge is 2.44. The van der Waals surface area contributed by atoms with Gasteiger partial charge in [-0.25, -0.2) is 0 Å². The van der Waals surface area contributed by atoms with Gasteiger partial charge in [0.25, 0.3) is 0 Å². The van der Waals surface area contributed by atoms with Gasteiger partial charge in [0.15, 0.2) is 0 Å². The van der Waals surface area contributed by atoms with Crippen LogP contribution in [0.15, 0.2) is 30.3 Å². The number of carbonyl (C=O) groups is 1. The Bertz CT molecular complexity index is 395. The van der Waals surface area contributed by atoms with E-state index in [-0.39, 0.29) is 5.91 Å². The molecule has 2 nitrogen and oxygen atoms in total. The minimum Gasteiger partial charge on any atom is -0.369 e. The van der Waals surface area contributed by atoms with Crippen molar-refractivity contribution in [3.05, 3.63) is 35.9 Å². The van der Waals surface area contributed by atoms with Crippen LogP contribution in [0.3, 0.4) is 0 Å². The third-order valence-corrected chi connectivity index (χ3v) is 4.59. The van der Waals surface area contributed by atoms with Gasteiger partial charge >= 0.3 is 0 Å². The first-order valence-corrected chi connectivity index (χ1v) is 7.07. The lowest BCUT2D eigenvalue weighted by Crippen LogP contribution is -2.47. The van der Waals surface area contributed by atoms with Gasteiger partial charge in [-0.2, -0.15) is 0 Å². The zero-order valence-electron chi connectivity index (χ0n) is 11.2. The van der Waals surface area contributed by atoms with Crippen LogP contribution in [-0.4, -0.2) is 5.91 Å². The van der Waals surface area contributed by atoms with Gasteiger partial charge in [-0.15, -0.1) is 0 Å². The monoisotopic (exact) mass is 245 g/mol. The molecule has 1 aromatic carbocycles. The van der Waals surface area contributed by atoms with Crippen molar-refractivity contribution in [2.75, 3.05) is 0 Å². The Morgan fingerprint density at radius 1 is 1.22 bits per heavy atom. The molecule has 0 radical (unpaired) electrons. The van der Waals surface area contributed by atoms with Gasteiger partial charge in [0.1, 0.15) is 0 Å². The molecule has 1 aromatic rings. The lowest BCUT2D eigenvalue weighted by atomic mass is 9.63. The number of amides is 1. The molecule has 0 aliphatic heterocycles. The van der Waals surface area contributed by atoms with Crippen LogP contribution in [0.5, 0.6) is 0 Å². The first-order chi connectivity index (χ1) is 8.71. The molecular weight excluding hydrogens is 222 g/mol. The van der Waals surface area contributed by atoms with Gasteiger partial charge in [-0.3, -0.25) is 4.79 Å². The molecule has 0 bridgehead atoms. The summed E-state index contributed by atoms with van der Waals surface area (Å²) in [5, 5.41) is 0. The quantitative estimate of drug-likeness (QED) is 0.868. The fraction of sp³-hybridized carbons (Fsp3) is 0.562. The molecule has 0 heterocycles. The van der Waals surface area contributed by atoms with Crippen molar-refractivity contribution in [2.45, 2.75) is 50.9 Å². The third-order valence-electron chi connectivity index (χ3n) is 4.59. The fourth-order valence-electron chi connectivity index (χ4n) is 3.58. The molecule has 1 fully saturated rings. The number of primary amides is 1. The van der Waals surface area contributed by atoms with E-state index >= 15 is 0 Å². The maximum atomic E-state index is 12.2. The highest BCUT2D eigenvalue weighted by molar-refractivity contribution is 5.87. The van der Waals surface area contributed by atoms with Crippen molar-refractivity contribution < 1.29 is 4.79 Å². The van der Waals surface area contributed by atoms with Crippen molar-refractivity contribution in [2.24, 2.45) is 11.7 Å². The number of nitrogens with two attached hydrogens (primary N) is 1. The molecule has 1 saturated carbocycles. The molecule has 1 unspecified atom stereocenters. The lowest BCUT2D eigenvalue weighted by molar-refractivity contribution is -0.126. The normalized spacial score (nSPS) is 20.3. The van der Waals surface area contributed by atoms with Gasteiger partial charge in [-0.05, 0) is 30.7 Å². The van der Waals surface area contributed by atoms with Crippen LogP contribution in [-0.2, 0) is 10.2 Å². The summed E-state index contributed by atoms with van der Waals surface area (Å²) >= 11 is 0. The topological polar surface area (TPSA) is 43.1 Å². The van der Waals surface area contributed by atoms with Crippen molar-refractivity contribution in [3.63, 3.8) is 0 Å². The smallest absolute Gasteiger partial charge is 0.228 e. The number of carbonyl (C=O) groups excluding carboxylic acids is 1. The van der Waals surface area contributed by atoms with Crippen LogP contribution in [0.1, 0.15) is 51.0 Å². The second-order valence-corrected chi connectivity index (χ2v) is 5.39. The van der Waals surface area contributed by atoms with E-state index in [4.69, 9.17) is 5.73 Å². The van der Waals surface area contributed by atoms with Gasteiger partial charge in [0, 0.05) is 0 Å². The van der Waals surface area contributed by atoms with E-state index in [0.29, 0.717) is 5.92 Å². The molecule has 0 saturated heterocycles. The number of benzene rings is 1. The molecule has 0 aromatic heterocycles. The van der Waals surface area contributed by atoms with Gasteiger partial charge < -0.3 is 5.73 Å². The van der Waals surface area contributed by atoms with E-state index in [0.717, 1.165) is 24.8 Å². The van der Waals surface area contributed by atoms with Gasteiger partial charge in [-0.1, -0.05) is 56.5 Å². The zero-order valence-corrected chi connectivity index (χ0v) is 11.2. The second-order valence-electron chi connectivity index (χ2n) is 5.39. The van der Waals surface area contributed by atoms with Crippen LogP contribution < -0.4 is 5.73 Å². The maximum Gasteiger partial charge on any atom is 0.228 e. The van der Waals surface area contributed by atoms with Crippen molar-refractivity contribution in [3.8, 4) is 0 Å². The maximum absolute atomic E-state index is 12.2. The first-order valence-electron chi connectivity index (χ1n) is 7.07. The Morgan fingerprint density at radius 3 is 2.33 bits per heavy atom. The average Bonchev–Trinajstić information content (AvgIpc) is 2.42. The first kappa shape index (κ1) is 13.1. The van der Waals surface area contributed by atoms with Crippen LogP contribution in [0.4, 0.5) is 0 Å². The van der Waals surface area contributed by atoms with Crippen molar-refractivity contribution in [1.82, 2.24) is 0 Å². The Kier molecular flexibility index (Phi) is 4.05. The summed E-state index contributed by atoms with van der Waals surface area (Å²) in [6, 6.07) is 10.1. The number of hydrogen-bond acceptors (Lipinski definition) is 1. The number of rotatable bonds is 4. The molecular formula is C16H23NO. The van der Waals surface area contributed by atoms with E-state index < -0.39 is 5.41 Å². The highest BCUT2D eigenvalue weighted by Crippen LogP contribution is 2.43. The molecule has 1 aliphatic rings. The molecule has 1 amide bonds. The van der Waals surface area contributed by atoms with Crippen LogP contribution in [0.2, 0.25) is 0 Å². The van der Waals surface area contributed by atoms with Gasteiger partial charge in [0.05, 0.1) is 5.41 Å². The summed E-state index contributed by atoms with van der Waals surface area (Å²) < 4.78 is 0. The molecule has 1 atom stereocenters. The molecule has 0 spiro atoms. The Hall–Kier alpha value is -1.31.